The van der Waals surface area contributed by atoms with E-state index in [1.165, 1.54) is 0 Å². The van der Waals surface area contributed by atoms with E-state index in [1.54, 1.807) is 0 Å². The van der Waals surface area contributed by atoms with Crippen molar-refractivity contribution in [3.63, 3.8) is 0 Å². The lowest BCUT2D eigenvalue weighted by Gasteiger charge is -2.28. The molecule has 1 aromatic rings. The second kappa shape index (κ2) is 4.93. The predicted octanol–water partition coefficient (Wildman–Crippen LogP) is 0.941. The fraction of sp³-hybridized carbons (Fsp3) is 0.333. The zero-order valence-electron chi connectivity index (χ0n) is 9.13. The zero-order chi connectivity index (χ0) is 15.0. The number of hydrogen-bond acceptors (Lipinski definition) is 3. The monoisotopic (exact) mass is 287 g/mol. The standard InChI is InChI=1S/C9H8BF6NO2/c11-7(12)9(15,16)8(13,14)6-4(10(18)19)2-1-3-5(6)17/h1-3,7,18-19H,17H2. The molecule has 0 aromatic heterocycles. The highest BCUT2D eigenvalue weighted by atomic mass is 19.3. The van der Waals surface area contributed by atoms with Gasteiger partial charge in [-0.3, -0.25) is 0 Å². The third-order valence-corrected chi connectivity index (χ3v) is 2.41. The van der Waals surface area contributed by atoms with Crippen LogP contribution in [0, 0.1) is 0 Å². The Bertz CT molecular complexity index is 468. The number of anilines is 1. The van der Waals surface area contributed by atoms with E-state index in [0.717, 1.165) is 12.1 Å². The topological polar surface area (TPSA) is 66.5 Å². The normalized spacial score (nSPS) is 12.9. The lowest BCUT2D eigenvalue weighted by molar-refractivity contribution is -0.269. The van der Waals surface area contributed by atoms with E-state index in [4.69, 9.17) is 15.8 Å². The summed E-state index contributed by atoms with van der Waals surface area (Å²) in [6.45, 7) is 0. The average Bonchev–Trinajstić information content (AvgIpc) is 2.27. The van der Waals surface area contributed by atoms with Crippen LogP contribution in [0.1, 0.15) is 5.56 Å². The number of nitrogen functional groups attached to an aromatic ring is 1. The van der Waals surface area contributed by atoms with Crippen LogP contribution in [0.5, 0.6) is 0 Å². The maximum Gasteiger partial charge on any atom is 0.489 e. The molecule has 0 aliphatic rings. The third kappa shape index (κ3) is 2.50. The average molecular weight is 287 g/mol. The molecule has 0 spiro atoms. The van der Waals surface area contributed by atoms with Crippen molar-refractivity contribution >= 4 is 18.3 Å². The summed E-state index contributed by atoms with van der Waals surface area (Å²) in [5, 5.41) is 17.7. The molecule has 10 heteroatoms. The Morgan fingerprint density at radius 3 is 2.05 bits per heavy atom. The van der Waals surface area contributed by atoms with Gasteiger partial charge in [0, 0.05) is 5.69 Å². The first-order valence-corrected chi connectivity index (χ1v) is 4.82. The van der Waals surface area contributed by atoms with E-state index in [1.807, 2.05) is 0 Å². The fourth-order valence-corrected chi connectivity index (χ4v) is 1.47. The van der Waals surface area contributed by atoms with Crippen LogP contribution >= 0.6 is 0 Å². The van der Waals surface area contributed by atoms with Crippen LogP contribution in [-0.2, 0) is 5.92 Å². The fourth-order valence-electron chi connectivity index (χ4n) is 1.47. The van der Waals surface area contributed by atoms with Crippen molar-refractivity contribution in [3.8, 4) is 0 Å². The first-order chi connectivity index (χ1) is 8.53. The molecule has 0 saturated carbocycles. The van der Waals surface area contributed by atoms with E-state index in [0.29, 0.717) is 6.07 Å². The molecule has 0 amide bonds. The summed E-state index contributed by atoms with van der Waals surface area (Å²) >= 11 is 0. The molecule has 0 bridgehead atoms. The number of rotatable bonds is 4. The molecule has 106 valence electrons. The molecule has 1 aromatic carbocycles. The van der Waals surface area contributed by atoms with Crippen LogP contribution in [-0.4, -0.2) is 29.5 Å². The van der Waals surface area contributed by atoms with E-state index >= 15 is 0 Å². The van der Waals surface area contributed by atoms with Gasteiger partial charge in [-0.15, -0.1) is 0 Å². The van der Waals surface area contributed by atoms with Gasteiger partial charge in [-0.25, -0.2) is 8.78 Å². The highest BCUT2D eigenvalue weighted by Crippen LogP contribution is 2.47. The van der Waals surface area contributed by atoms with Crippen molar-refractivity contribution < 1.29 is 36.4 Å². The molecule has 19 heavy (non-hydrogen) atoms. The smallest absolute Gasteiger partial charge is 0.423 e. The molecule has 3 nitrogen and oxygen atoms in total. The number of halogens is 6. The first kappa shape index (κ1) is 15.6. The molecule has 0 unspecified atom stereocenters. The first-order valence-electron chi connectivity index (χ1n) is 4.82. The number of benzene rings is 1. The Hall–Kier alpha value is -1.42. The highest BCUT2D eigenvalue weighted by molar-refractivity contribution is 6.59. The second-order valence-electron chi connectivity index (χ2n) is 3.68. The minimum atomic E-state index is -5.70. The Morgan fingerprint density at radius 1 is 1.11 bits per heavy atom. The second-order valence-corrected chi connectivity index (χ2v) is 3.68. The van der Waals surface area contributed by atoms with Gasteiger partial charge in [0.25, 0.3) is 0 Å². The van der Waals surface area contributed by atoms with Gasteiger partial charge in [-0.05, 0) is 11.5 Å². The molecule has 0 aliphatic heterocycles. The van der Waals surface area contributed by atoms with Crippen LogP contribution < -0.4 is 11.2 Å². The van der Waals surface area contributed by atoms with E-state index in [9.17, 15) is 26.3 Å². The van der Waals surface area contributed by atoms with Crippen LogP contribution in [0.4, 0.5) is 32.0 Å². The molecule has 0 heterocycles. The SMILES string of the molecule is Nc1cccc(B(O)O)c1C(F)(F)C(F)(F)C(F)F. The van der Waals surface area contributed by atoms with Gasteiger partial charge in [0.05, 0.1) is 5.56 Å². The summed E-state index contributed by atoms with van der Waals surface area (Å²) < 4.78 is 77.0. The molecular weight excluding hydrogens is 279 g/mol. The summed E-state index contributed by atoms with van der Waals surface area (Å²) in [4.78, 5) is 0. The van der Waals surface area contributed by atoms with E-state index < -0.39 is 42.1 Å². The van der Waals surface area contributed by atoms with Crippen LogP contribution in [0.15, 0.2) is 18.2 Å². The third-order valence-electron chi connectivity index (χ3n) is 2.41. The summed E-state index contributed by atoms with van der Waals surface area (Å²) in [5.74, 6) is -11.1. The maximum absolute atomic E-state index is 13.5. The molecule has 0 radical (unpaired) electrons. The molecule has 0 saturated heterocycles. The molecule has 0 atom stereocenters. The quantitative estimate of drug-likeness (QED) is 0.438. The van der Waals surface area contributed by atoms with Crippen molar-refractivity contribution in [2.75, 3.05) is 5.73 Å². The number of hydrogen-bond donors (Lipinski definition) is 3. The van der Waals surface area contributed by atoms with Crippen molar-refractivity contribution in [2.45, 2.75) is 18.3 Å². The van der Waals surface area contributed by atoms with Crippen molar-refractivity contribution in [2.24, 2.45) is 0 Å². The Kier molecular flexibility index (Phi) is 4.06. The summed E-state index contributed by atoms with van der Waals surface area (Å²) in [7, 11) is -2.56. The lowest BCUT2D eigenvalue weighted by Crippen LogP contribution is -2.49. The van der Waals surface area contributed by atoms with E-state index in [2.05, 4.69) is 0 Å². The zero-order valence-corrected chi connectivity index (χ0v) is 9.13. The van der Waals surface area contributed by atoms with Gasteiger partial charge in [0.2, 0.25) is 0 Å². The minimum absolute atomic E-state index is 0.672. The summed E-state index contributed by atoms with van der Waals surface area (Å²) in [6, 6.07) is 2.42. The maximum atomic E-state index is 13.5. The Labute approximate surface area is 103 Å². The van der Waals surface area contributed by atoms with Gasteiger partial charge in [0.1, 0.15) is 0 Å². The largest absolute Gasteiger partial charge is 0.489 e. The number of alkyl halides is 6. The van der Waals surface area contributed by atoms with Gasteiger partial charge >= 0.3 is 25.4 Å². The minimum Gasteiger partial charge on any atom is -0.423 e. The van der Waals surface area contributed by atoms with Crippen molar-refractivity contribution in [3.05, 3.63) is 23.8 Å². The lowest BCUT2D eigenvalue weighted by atomic mass is 9.74. The molecule has 0 aliphatic carbocycles. The van der Waals surface area contributed by atoms with E-state index in [-0.39, 0.29) is 0 Å². The molecule has 1 rings (SSSR count). The Balaban J connectivity index is 3.52. The van der Waals surface area contributed by atoms with Crippen molar-refractivity contribution in [1.82, 2.24) is 0 Å². The summed E-state index contributed by atoms with van der Waals surface area (Å²) in [5.41, 5.74) is 1.32. The van der Waals surface area contributed by atoms with Crippen LogP contribution in [0.3, 0.4) is 0 Å². The van der Waals surface area contributed by atoms with Gasteiger partial charge < -0.3 is 15.8 Å². The van der Waals surface area contributed by atoms with Gasteiger partial charge in [-0.1, -0.05) is 12.1 Å². The summed E-state index contributed by atoms with van der Waals surface area (Å²) in [6.07, 6.45) is -4.65. The Morgan fingerprint density at radius 2 is 1.63 bits per heavy atom. The predicted molar refractivity (Wildman–Crippen MR) is 55.5 cm³/mol. The molecular formula is C9H8BF6NO2. The highest BCUT2D eigenvalue weighted by Gasteiger charge is 2.65. The van der Waals surface area contributed by atoms with Crippen molar-refractivity contribution in [1.29, 1.82) is 0 Å². The van der Waals surface area contributed by atoms with Gasteiger partial charge in [0.15, 0.2) is 0 Å². The molecule has 4 N–H and O–H groups in total. The van der Waals surface area contributed by atoms with Gasteiger partial charge in [-0.2, -0.15) is 17.6 Å². The molecule has 0 fully saturated rings. The van der Waals surface area contributed by atoms with Crippen LogP contribution in [0.25, 0.3) is 0 Å². The number of nitrogens with two attached hydrogens (primary N) is 1. The van der Waals surface area contributed by atoms with Crippen LogP contribution in [0.2, 0.25) is 0 Å².